The van der Waals surface area contributed by atoms with Crippen LogP contribution in [0.5, 0.6) is 11.6 Å². The van der Waals surface area contributed by atoms with Gasteiger partial charge in [0, 0.05) is 24.0 Å². The summed E-state index contributed by atoms with van der Waals surface area (Å²) in [6, 6.07) is 8.87. The van der Waals surface area contributed by atoms with Gasteiger partial charge in [0.25, 0.3) is 5.88 Å². The summed E-state index contributed by atoms with van der Waals surface area (Å²) in [6.45, 7) is 0. The van der Waals surface area contributed by atoms with E-state index >= 15 is 0 Å². The SMILES string of the molecule is COC(=O)/C=C(/Nc1cccc(Oc2ncccc2[N+](=O)[O-])c1)C(=O)OC. The van der Waals surface area contributed by atoms with Crippen molar-refractivity contribution >= 4 is 23.3 Å². The maximum atomic E-state index is 11.8. The molecule has 2 aromatic rings. The van der Waals surface area contributed by atoms with Gasteiger partial charge >= 0.3 is 17.6 Å². The fourth-order valence-electron chi connectivity index (χ4n) is 1.94. The summed E-state index contributed by atoms with van der Waals surface area (Å²) in [7, 11) is 2.33. The van der Waals surface area contributed by atoms with Gasteiger partial charge in [-0.3, -0.25) is 10.1 Å². The number of esters is 2. The minimum atomic E-state index is -0.785. The third kappa shape index (κ3) is 5.26. The molecule has 10 heteroatoms. The largest absolute Gasteiger partial charge is 0.466 e. The predicted molar refractivity (Wildman–Crippen MR) is 93.1 cm³/mol. The molecular weight excluding hydrogens is 358 g/mol. The van der Waals surface area contributed by atoms with Crippen LogP contribution < -0.4 is 10.1 Å². The first-order chi connectivity index (χ1) is 12.9. The minimum absolute atomic E-state index is 0.162. The lowest BCUT2D eigenvalue weighted by atomic mass is 10.2. The van der Waals surface area contributed by atoms with Gasteiger partial charge in [-0.25, -0.2) is 14.6 Å². The van der Waals surface area contributed by atoms with Gasteiger partial charge < -0.3 is 19.5 Å². The van der Waals surface area contributed by atoms with Crippen molar-refractivity contribution in [2.24, 2.45) is 0 Å². The van der Waals surface area contributed by atoms with Crippen molar-refractivity contribution in [3.05, 3.63) is 64.5 Å². The Balaban J connectivity index is 2.27. The Hall–Kier alpha value is -3.95. The van der Waals surface area contributed by atoms with E-state index in [2.05, 4.69) is 19.8 Å². The van der Waals surface area contributed by atoms with Crippen LogP contribution in [0.25, 0.3) is 0 Å². The van der Waals surface area contributed by atoms with Crippen molar-refractivity contribution in [3.63, 3.8) is 0 Å². The first-order valence-electron chi connectivity index (χ1n) is 7.47. The maximum Gasteiger partial charge on any atom is 0.354 e. The smallest absolute Gasteiger partial charge is 0.354 e. The van der Waals surface area contributed by atoms with E-state index in [1.165, 1.54) is 31.5 Å². The van der Waals surface area contributed by atoms with Gasteiger partial charge in [-0.05, 0) is 18.2 Å². The third-order valence-electron chi connectivity index (χ3n) is 3.14. The van der Waals surface area contributed by atoms with Gasteiger partial charge in [0.15, 0.2) is 0 Å². The number of ether oxygens (including phenoxy) is 3. The normalized spacial score (nSPS) is 10.7. The molecule has 0 fully saturated rings. The molecule has 0 saturated carbocycles. The van der Waals surface area contributed by atoms with Crippen molar-refractivity contribution in [3.8, 4) is 11.6 Å². The number of hydrogen-bond donors (Lipinski definition) is 1. The van der Waals surface area contributed by atoms with E-state index in [1.807, 2.05) is 0 Å². The number of carbonyl (C=O) groups is 2. The fraction of sp³-hybridized carbons (Fsp3) is 0.118. The highest BCUT2D eigenvalue weighted by Gasteiger charge is 2.17. The molecule has 1 aromatic carbocycles. The van der Waals surface area contributed by atoms with Gasteiger partial charge in [-0.1, -0.05) is 6.07 Å². The Kier molecular flexibility index (Phi) is 6.42. The molecule has 0 aliphatic heterocycles. The van der Waals surface area contributed by atoms with Crippen molar-refractivity contribution in [2.45, 2.75) is 0 Å². The van der Waals surface area contributed by atoms with Crippen molar-refractivity contribution in [1.82, 2.24) is 4.98 Å². The molecule has 27 heavy (non-hydrogen) atoms. The number of hydrogen-bond acceptors (Lipinski definition) is 9. The Morgan fingerprint density at radius 3 is 2.63 bits per heavy atom. The van der Waals surface area contributed by atoms with E-state index in [0.717, 1.165) is 13.2 Å². The Labute approximate surface area is 153 Å². The molecule has 10 nitrogen and oxygen atoms in total. The number of rotatable bonds is 7. The molecule has 2 rings (SSSR count). The zero-order chi connectivity index (χ0) is 19.8. The fourth-order valence-corrected chi connectivity index (χ4v) is 1.94. The molecule has 140 valence electrons. The summed E-state index contributed by atoms with van der Waals surface area (Å²) in [5.74, 6) is -1.49. The number of aromatic nitrogens is 1. The van der Waals surface area contributed by atoms with Crippen molar-refractivity contribution in [2.75, 3.05) is 19.5 Å². The van der Waals surface area contributed by atoms with E-state index in [0.29, 0.717) is 5.69 Å². The average Bonchev–Trinajstić information content (AvgIpc) is 2.67. The summed E-state index contributed by atoms with van der Waals surface area (Å²) in [5, 5.41) is 13.7. The molecule has 0 unspecified atom stereocenters. The van der Waals surface area contributed by atoms with Gasteiger partial charge in [0.05, 0.1) is 25.2 Å². The second-order valence-corrected chi connectivity index (χ2v) is 4.91. The standard InChI is InChI=1S/C17H15N3O7/c1-25-15(21)10-13(17(22)26-2)19-11-5-3-6-12(9-11)27-16-14(20(23)24)7-4-8-18-16/h3-10,19H,1-2H3/b13-10+. The maximum absolute atomic E-state index is 11.8. The summed E-state index contributed by atoms with van der Waals surface area (Å²) in [6.07, 6.45) is 2.29. The van der Waals surface area contributed by atoms with Crippen molar-refractivity contribution in [1.29, 1.82) is 0 Å². The molecule has 0 aliphatic rings. The van der Waals surface area contributed by atoms with Crippen LogP contribution in [0.1, 0.15) is 0 Å². The Morgan fingerprint density at radius 1 is 1.19 bits per heavy atom. The lowest BCUT2D eigenvalue weighted by molar-refractivity contribution is -0.386. The number of benzene rings is 1. The number of pyridine rings is 1. The van der Waals surface area contributed by atoms with E-state index < -0.39 is 16.9 Å². The van der Waals surface area contributed by atoms with E-state index in [4.69, 9.17) is 4.74 Å². The van der Waals surface area contributed by atoms with Crippen molar-refractivity contribution < 1.29 is 28.7 Å². The van der Waals surface area contributed by atoms with Crippen LogP contribution >= 0.6 is 0 Å². The van der Waals surface area contributed by atoms with Crippen LogP contribution in [0.3, 0.4) is 0 Å². The summed E-state index contributed by atoms with van der Waals surface area (Å²) >= 11 is 0. The lowest BCUT2D eigenvalue weighted by Crippen LogP contribution is -2.15. The van der Waals surface area contributed by atoms with Crippen LogP contribution in [-0.4, -0.2) is 36.1 Å². The molecule has 0 amide bonds. The van der Waals surface area contributed by atoms with Gasteiger partial charge in [0.2, 0.25) is 0 Å². The molecule has 0 aliphatic carbocycles. The van der Waals surface area contributed by atoms with Gasteiger partial charge in [-0.15, -0.1) is 0 Å². The quantitative estimate of drug-likeness (QED) is 0.336. The van der Waals surface area contributed by atoms with Crippen LogP contribution in [-0.2, 0) is 19.1 Å². The van der Waals surface area contributed by atoms with Crippen LogP contribution in [0.15, 0.2) is 54.4 Å². The van der Waals surface area contributed by atoms with E-state index in [-0.39, 0.29) is 23.0 Å². The van der Waals surface area contributed by atoms with Crippen LogP contribution in [0.2, 0.25) is 0 Å². The highest BCUT2D eigenvalue weighted by Crippen LogP contribution is 2.29. The topological polar surface area (TPSA) is 130 Å². The summed E-state index contributed by atoms with van der Waals surface area (Å²) in [4.78, 5) is 37.5. The molecule has 0 bridgehead atoms. The van der Waals surface area contributed by atoms with Gasteiger partial charge in [0.1, 0.15) is 11.4 Å². The number of carbonyl (C=O) groups excluding carboxylic acids is 2. The highest BCUT2D eigenvalue weighted by atomic mass is 16.6. The van der Waals surface area contributed by atoms with E-state index in [1.54, 1.807) is 18.2 Å². The average molecular weight is 373 g/mol. The monoisotopic (exact) mass is 373 g/mol. The molecular formula is C17H15N3O7. The Morgan fingerprint density at radius 2 is 1.96 bits per heavy atom. The molecule has 0 atom stereocenters. The number of anilines is 1. The minimum Gasteiger partial charge on any atom is -0.466 e. The first-order valence-corrected chi connectivity index (χ1v) is 7.47. The summed E-state index contributed by atoms with van der Waals surface area (Å²) < 4.78 is 14.6. The van der Waals surface area contributed by atoms with E-state index in [9.17, 15) is 19.7 Å². The highest BCUT2D eigenvalue weighted by molar-refractivity contribution is 5.98. The number of nitrogens with one attached hydrogen (secondary N) is 1. The zero-order valence-corrected chi connectivity index (χ0v) is 14.4. The number of methoxy groups -OCH3 is 2. The third-order valence-corrected chi connectivity index (χ3v) is 3.14. The number of nitro groups is 1. The molecule has 0 radical (unpaired) electrons. The first kappa shape index (κ1) is 19.4. The second-order valence-electron chi connectivity index (χ2n) is 4.91. The molecule has 0 spiro atoms. The number of nitrogens with zero attached hydrogens (tertiary/aromatic N) is 2. The molecule has 1 N–H and O–H groups in total. The zero-order valence-electron chi connectivity index (χ0n) is 14.4. The molecule has 1 heterocycles. The predicted octanol–water partition coefficient (Wildman–Crippen LogP) is 2.42. The van der Waals surface area contributed by atoms with Gasteiger partial charge in [-0.2, -0.15) is 0 Å². The van der Waals surface area contributed by atoms with Crippen LogP contribution in [0, 0.1) is 10.1 Å². The molecule has 1 aromatic heterocycles. The Bertz CT molecular complexity index is 896. The lowest BCUT2D eigenvalue weighted by Gasteiger charge is -2.11. The second kappa shape index (κ2) is 8.94. The molecule has 0 saturated heterocycles. The summed E-state index contributed by atoms with van der Waals surface area (Å²) in [5.41, 5.74) is -0.0892. The van der Waals surface area contributed by atoms with Crippen LogP contribution in [0.4, 0.5) is 11.4 Å².